The molecule has 0 saturated carbocycles. The molecule has 1 aliphatic carbocycles. The van der Waals surface area contributed by atoms with Crippen molar-refractivity contribution in [1.29, 1.82) is 0 Å². The molecule has 162 valence electrons. The van der Waals surface area contributed by atoms with Crippen LogP contribution in [0, 0.1) is 5.92 Å². The van der Waals surface area contributed by atoms with Gasteiger partial charge in [-0.3, -0.25) is 9.59 Å². The first-order valence-electron chi connectivity index (χ1n) is 9.76. The number of methoxy groups -OCH3 is 1. The van der Waals surface area contributed by atoms with Crippen LogP contribution in [-0.2, 0) is 33.3 Å². The first-order valence-corrected chi connectivity index (χ1v) is 9.76. The van der Waals surface area contributed by atoms with Crippen molar-refractivity contribution >= 4 is 17.8 Å². The average molecular weight is 421 g/mol. The van der Waals surface area contributed by atoms with Crippen LogP contribution in [0.1, 0.15) is 13.8 Å². The fraction of sp³-hybridized carbons (Fsp3) is 0.632. The van der Waals surface area contributed by atoms with E-state index in [4.69, 9.17) is 29.4 Å². The van der Waals surface area contributed by atoms with Crippen LogP contribution >= 0.6 is 0 Å². The summed E-state index contributed by atoms with van der Waals surface area (Å²) in [5, 5.41) is 3.34. The third-order valence-corrected chi connectivity index (χ3v) is 6.56. The van der Waals surface area contributed by atoms with Crippen molar-refractivity contribution in [2.24, 2.45) is 11.7 Å². The molecule has 1 spiro atoms. The predicted molar refractivity (Wildman–Crippen MR) is 97.3 cm³/mol. The van der Waals surface area contributed by atoms with Gasteiger partial charge in [-0.2, -0.15) is 0 Å². The lowest BCUT2D eigenvalue weighted by molar-refractivity contribution is -0.167. The molecule has 4 atom stereocenters. The number of primary amides is 1. The largest absolute Gasteiger partial charge is 0.449 e. The molecule has 4 heterocycles. The van der Waals surface area contributed by atoms with Crippen molar-refractivity contribution in [2.75, 3.05) is 33.5 Å². The third-order valence-electron chi connectivity index (χ3n) is 6.56. The number of rotatable bonds is 4. The predicted octanol–water partition coefficient (Wildman–Crippen LogP) is -0.873. The molecule has 5 rings (SSSR count). The number of hydrogen-bond acceptors (Lipinski definition) is 10. The Labute approximate surface area is 172 Å². The quantitative estimate of drug-likeness (QED) is 0.433. The smallest absolute Gasteiger partial charge is 0.404 e. The number of nitrogens with one attached hydrogen (secondary N) is 1. The van der Waals surface area contributed by atoms with E-state index in [1.807, 2.05) is 4.90 Å². The van der Waals surface area contributed by atoms with Gasteiger partial charge in [0, 0.05) is 37.8 Å². The molecule has 11 nitrogen and oxygen atoms in total. The lowest BCUT2D eigenvalue weighted by Crippen LogP contribution is -2.55. The van der Waals surface area contributed by atoms with E-state index in [1.165, 1.54) is 14.0 Å². The van der Waals surface area contributed by atoms with Crippen molar-refractivity contribution in [3.63, 3.8) is 0 Å². The minimum atomic E-state index is -1.68. The third kappa shape index (κ3) is 2.26. The van der Waals surface area contributed by atoms with Gasteiger partial charge in [-0.05, 0) is 6.92 Å². The van der Waals surface area contributed by atoms with Crippen molar-refractivity contribution in [2.45, 2.75) is 37.4 Å². The van der Waals surface area contributed by atoms with Crippen LogP contribution in [0.4, 0.5) is 4.79 Å². The Morgan fingerprint density at radius 3 is 2.63 bits per heavy atom. The van der Waals surface area contributed by atoms with Gasteiger partial charge in [0.05, 0.1) is 30.9 Å². The molecule has 0 aromatic carbocycles. The highest BCUT2D eigenvalue weighted by Crippen LogP contribution is 2.58. The van der Waals surface area contributed by atoms with E-state index in [9.17, 15) is 14.4 Å². The highest BCUT2D eigenvalue weighted by molar-refractivity contribution is 6.07. The van der Waals surface area contributed by atoms with Crippen molar-refractivity contribution in [3.8, 4) is 0 Å². The number of esters is 1. The fourth-order valence-electron chi connectivity index (χ4n) is 5.40. The zero-order valence-electron chi connectivity index (χ0n) is 16.9. The number of hydrogen-bond donors (Lipinski definition) is 2. The maximum Gasteiger partial charge on any atom is 0.404 e. The Kier molecular flexibility index (Phi) is 4.07. The lowest BCUT2D eigenvalue weighted by atomic mass is 9.80. The molecule has 3 N–H and O–H groups in total. The second-order valence-electron chi connectivity index (χ2n) is 7.95. The summed E-state index contributed by atoms with van der Waals surface area (Å²) in [5.74, 6) is -3.11. The number of nitrogens with zero attached hydrogens (tertiary/aromatic N) is 1. The number of Topliss-reactive ketones (excluding diaryl/α,β-unsaturated/α-hetero) is 1. The molecule has 5 aliphatic rings. The van der Waals surface area contributed by atoms with Gasteiger partial charge in [0.25, 0.3) is 5.79 Å². The summed E-state index contributed by atoms with van der Waals surface area (Å²) >= 11 is 0. The van der Waals surface area contributed by atoms with E-state index in [0.29, 0.717) is 17.8 Å². The molecule has 4 aliphatic heterocycles. The molecule has 3 fully saturated rings. The zero-order valence-corrected chi connectivity index (χ0v) is 16.9. The normalized spacial score (nSPS) is 35.5. The number of fused-ring (bicyclic) bond motifs is 4. The van der Waals surface area contributed by atoms with Gasteiger partial charge in [0.2, 0.25) is 5.78 Å². The topological polar surface area (TPSA) is 149 Å². The monoisotopic (exact) mass is 421 g/mol. The molecule has 1 amide bonds. The molecule has 0 unspecified atom stereocenters. The van der Waals surface area contributed by atoms with Crippen LogP contribution in [0.5, 0.6) is 0 Å². The molecule has 0 aromatic rings. The molecule has 30 heavy (non-hydrogen) atoms. The minimum absolute atomic E-state index is 0.0948. The summed E-state index contributed by atoms with van der Waals surface area (Å²) in [7, 11) is 1.54. The van der Waals surface area contributed by atoms with Crippen molar-refractivity contribution < 1.29 is 38.1 Å². The van der Waals surface area contributed by atoms with E-state index in [2.05, 4.69) is 5.32 Å². The highest BCUT2D eigenvalue weighted by Gasteiger charge is 2.74. The number of ether oxygens (including phenoxy) is 5. The number of ketones is 1. The van der Waals surface area contributed by atoms with Gasteiger partial charge in [-0.25, -0.2) is 4.79 Å². The Bertz CT molecular complexity index is 921. The maximum atomic E-state index is 13.8. The SMILES string of the molecule is CO[C@@]12[C@H](COC(N)=O)C3=C(C(OC(C)=O)=C(C)C4(OCCO4)C3=O)N1C[C@@H]1N[C@@H]12. The number of amides is 1. The molecular weight excluding hydrogens is 398 g/mol. The zero-order chi connectivity index (χ0) is 21.4. The van der Waals surface area contributed by atoms with Crippen LogP contribution in [0.2, 0.25) is 0 Å². The van der Waals surface area contributed by atoms with Gasteiger partial charge in [0.1, 0.15) is 6.61 Å². The molecular formula is C19H23N3O8. The van der Waals surface area contributed by atoms with Gasteiger partial charge >= 0.3 is 12.1 Å². The minimum Gasteiger partial charge on any atom is -0.449 e. The van der Waals surface area contributed by atoms with E-state index >= 15 is 0 Å². The molecule has 0 radical (unpaired) electrons. The van der Waals surface area contributed by atoms with Gasteiger partial charge in [-0.1, -0.05) is 0 Å². The van der Waals surface area contributed by atoms with E-state index in [1.54, 1.807) is 6.92 Å². The highest BCUT2D eigenvalue weighted by atomic mass is 16.7. The molecule has 11 heteroatoms. The van der Waals surface area contributed by atoms with Crippen LogP contribution < -0.4 is 11.1 Å². The van der Waals surface area contributed by atoms with Crippen molar-refractivity contribution in [1.82, 2.24) is 10.2 Å². The summed E-state index contributed by atoms with van der Waals surface area (Å²) < 4.78 is 28.2. The number of carbonyl (C=O) groups is 3. The Balaban J connectivity index is 1.70. The summed E-state index contributed by atoms with van der Waals surface area (Å²) in [4.78, 5) is 39.0. The summed E-state index contributed by atoms with van der Waals surface area (Å²) in [6.07, 6.45) is -0.960. The second-order valence-corrected chi connectivity index (χ2v) is 7.95. The van der Waals surface area contributed by atoms with Crippen LogP contribution in [0.15, 0.2) is 22.6 Å². The van der Waals surface area contributed by atoms with Crippen LogP contribution in [0.3, 0.4) is 0 Å². The summed E-state index contributed by atoms with van der Waals surface area (Å²) in [5.41, 5.74) is 5.31. The van der Waals surface area contributed by atoms with Crippen molar-refractivity contribution in [3.05, 3.63) is 22.6 Å². The first kappa shape index (κ1) is 19.5. The average Bonchev–Trinajstić information content (AvgIpc) is 3.08. The van der Waals surface area contributed by atoms with Crippen LogP contribution in [-0.4, -0.2) is 79.8 Å². The Morgan fingerprint density at radius 2 is 2.03 bits per heavy atom. The molecule has 0 bridgehead atoms. The van der Waals surface area contributed by atoms with Gasteiger partial charge in [-0.15, -0.1) is 0 Å². The van der Waals surface area contributed by atoms with E-state index in [0.717, 1.165) is 0 Å². The molecule has 0 aromatic heterocycles. The maximum absolute atomic E-state index is 13.8. The number of carbonyl (C=O) groups excluding carboxylic acids is 3. The summed E-state index contributed by atoms with van der Waals surface area (Å²) in [6.45, 7) is 3.72. The van der Waals surface area contributed by atoms with E-state index in [-0.39, 0.29) is 43.2 Å². The summed E-state index contributed by atoms with van der Waals surface area (Å²) in [6, 6.07) is 0.0431. The number of nitrogens with two attached hydrogens (primary N) is 1. The van der Waals surface area contributed by atoms with Gasteiger partial charge in [0.15, 0.2) is 11.5 Å². The van der Waals surface area contributed by atoms with E-state index < -0.39 is 35.3 Å². The Hall–Kier alpha value is -2.47. The second kappa shape index (κ2) is 6.27. The standard InChI is InChI=1S/C19H23N3O8/c1-8-14(30-9(2)23)13-12(16(24)19(8)28-4-5-29-19)10(7-27-17(20)25)18(26-3)15-11(21-15)6-22(13)18/h10-11,15,21H,4-7H2,1-3H3,(H2,20,25)/t10-,11+,15+,18-/m1/s1. The lowest BCUT2D eigenvalue weighted by Gasteiger charge is -2.40. The van der Waals surface area contributed by atoms with Crippen LogP contribution in [0.25, 0.3) is 0 Å². The molecule has 3 saturated heterocycles. The number of piperazine rings is 1. The van der Waals surface area contributed by atoms with Gasteiger partial charge < -0.3 is 39.6 Å². The Morgan fingerprint density at radius 1 is 1.33 bits per heavy atom. The first-order chi connectivity index (χ1) is 14.3. The fourth-order valence-corrected chi connectivity index (χ4v) is 5.40.